The Morgan fingerprint density at radius 2 is 2.12 bits per heavy atom. The fourth-order valence-corrected chi connectivity index (χ4v) is 1.29. The van der Waals surface area contributed by atoms with E-state index in [0.29, 0.717) is 0 Å². The smallest absolute Gasteiger partial charge is 0.411 e. The number of nitrogens with zero attached hydrogens (tertiary/aromatic N) is 1. The first-order chi connectivity index (χ1) is 7.20. The normalized spacial score (nSPS) is 20.6. The van der Waals surface area contributed by atoms with Crippen molar-refractivity contribution in [3.05, 3.63) is 11.8 Å². The Hall–Kier alpha value is -1.72. The minimum absolute atomic E-state index is 0.244. The first kappa shape index (κ1) is 12.4. The Labute approximate surface area is 93.1 Å². The lowest BCUT2D eigenvalue weighted by molar-refractivity contribution is -0.304. The van der Waals surface area contributed by atoms with Crippen LogP contribution in [0.1, 0.15) is 20.8 Å². The van der Waals surface area contributed by atoms with Crippen molar-refractivity contribution in [2.75, 3.05) is 6.54 Å². The molecule has 6 heteroatoms. The van der Waals surface area contributed by atoms with Gasteiger partial charge >= 0.3 is 12.1 Å². The van der Waals surface area contributed by atoms with E-state index in [1.165, 1.54) is 0 Å². The highest BCUT2D eigenvalue weighted by Crippen LogP contribution is 2.17. The predicted molar refractivity (Wildman–Crippen MR) is 52.4 cm³/mol. The number of carboxylic acids is 1. The third-order valence-electron chi connectivity index (χ3n) is 1.89. The summed E-state index contributed by atoms with van der Waals surface area (Å²) >= 11 is 0. The van der Waals surface area contributed by atoms with E-state index in [1.54, 1.807) is 20.8 Å². The van der Waals surface area contributed by atoms with Gasteiger partial charge in [-0.1, -0.05) is 6.08 Å². The minimum atomic E-state index is -1.24. The highest BCUT2D eigenvalue weighted by atomic mass is 16.6. The van der Waals surface area contributed by atoms with Gasteiger partial charge in [-0.3, -0.25) is 4.90 Å². The van der Waals surface area contributed by atoms with Gasteiger partial charge in [-0.2, -0.15) is 0 Å². The molecule has 0 aromatic carbocycles. The zero-order chi connectivity index (χ0) is 12.5. The molecule has 1 amide bonds. The van der Waals surface area contributed by atoms with Crippen molar-refractivity contribution < 1.29 is 24.5 Å². The highest BCUT2D eigenvalue weighted by Gasteiger charge is 2.34. The highest BCUT2D eigenvalue weighted by molar-refractivity contribution is 5.83. The maximum Gasteiger partial charge on any atom is 0.411 e. The molecule has 1 aliphatic heterocycles. The Morgan fingerprint density at radius 1 is 1.56 bits per heavy atom. The standard InChI is InChI=1S/C10H15NO5/c1-10(2,3)16-9(15)11-5-6(12)4-7(11)8(13)14/h4,7,12H,5H2,1-3H3,(H,13,14)/p-1/t7-/m0/s1. The molecule has 0 aromatic heterocycles. The minimum Gasteiger partial charge on any atom is -0.874 e. The van der Waals surface area contributed by atoms with Crippen LogP contribution in [0.3, 0.4) is 0 Å². The van der Waals surface area contributed by atoms with Crippen LogP contribution in [0.2, 0.25) is 0 Å². The van der Waals surface area contributed by atoms with Gasteiger partial charge in [0, 0.05) is 6.54 Å². The maximum atomic E-state index is 11.6. The van der Waals surface area contributed by atoms with E-state index < -0.39 is 29.5 Å². The van der Waals surface area contributed by atoms with Gasteiger partial charge in [0.15, 0.2) is 6.04 Å². The number of carboxylic acid groups (broad SMARTS) is 1. The van der Waals surface area contributed by atoms with Gasteiger partial charge in [-0.05, 0) is 20.8 Å². The Morgan fingerprint density at radius 3 is 2.56 bits per heavy atom. The fraction of sp³-hybridized carbons (Fsp3) is 0.600. The summed E-state index contributed by atoms with van der Waals surface area (Å²) in [5.74, 6) is -1.63. The molecule has 0 radical (unpaired) electrons. The van der Waals surface area contributed by atoms with Gasteiger partial charge in [0.1, 0.15) is 5.60 Å². The lowest BCUT2D eigenvalue weighted by Gasteiger charge is -2.27. The molecule has 0 fully saturated rings. The van der Waals surface area contributed by atoms with E-state index in [9.17, 15) is 14.7 Å². The quantitative estimate of drug-likeness (QED) is 0.678. The van der Waals surface area contributed by atoms with E-state index in [2.05, 4.69) is 0 Å². The lowest BCUT2D eigenvalue weighted by Crippen LogP contribution is -2.44. The zero-order valence-electron chi connectivity index (χ0n) is 9.39. The predicted octanol–water partition coefficient (Wildman–Crippen LogP) is -0.0655. The number of hydrogen-bond acceptors (Lipinski definition) is 4. The number of aliphatic carboxylic acids is 1. The van der Waals surface area contributed by atoms with Crippen LogP contribution in [0, 0.1) is 0 Å². The molecule has 6 nitrogen and oxygen atoms in total. The Bertz CT molecular complexity index is 342. The van der Waals surface area contributed by atoms with E-state index in [0.717, 1.165) is 11.0 Å². The zero-order valence-corrected chi connectivity index (χ0v) is 9.39. The summed E-state index contributed by atoms with van der Waals surface area (Å²) < 4.78 is 5.00. The number of carbonyl (C=O) groups excluding carboxylic acids is 1. The van der Waals surface area contributed by atoms with Crippen LogP contribution < -0.4 is 5.11 Å². The molecule has 0 saturated heterocycles. The molecule has 0 unspecified atom stereocenters. The number of ether oxygens (including phenoxy) is 1. The van der Waals surface area contributed by atoms with Crippen LogP contribution in [0.25, 0.3) is 0 Å². The fourth-order valence-electron chi connectivity index (χ4n) is 1.29. The van der Waals surface area contributed by atoms with E-state index in [-0.39, 0.29) is 6.54 Å². The van der Waals surface area contributed by atoms with Crippen molar-refractivity contribution in [1.82, 2.24) is 4.90 Å². The second kappa shape index (κ2) is 4.03. The van der Waals surface area contributed by atoms with Crippen molar-refractivity contribution >= 4 is 12.1 Å². The molecular weight excluding hydrogens is 214 g/mol. The van der Waals surface area contributed by atoms with E-state index in [4.69, 9.17) is 9.84 Å². The topological polar surface area (TPSA) is 89.9 Å². The average molecular weight is 228 g/mol. The van der Waals surface area contributed by atoms with Crippen molar-refractivity contribution in [1.29, 1.82) is 0 Å². The van der Waals surface area contributed by atoms with Crippen LogP contribution in [0.15, 0.2) is 11.8 Å². The van der Waals surface area contributed by atoms with Crippen LogP contribution >= 0.6 is 0 Å². The Balaban J connectivity index is 2.75. The number of amides is 1. The van der Waals surface area contributed by atoms with Crippen molar-refractivity contribution in [2.45, 2.75) is 32.4 Å². The van der Waals surface area contributed by atoms with Crippen molar-refractivity contribution in [3.63, 3.8) is 0 Å². The number of hydrogen-bond donors (Lipinski definition) is 1. The average Bonchev–Trinajstić information content (AvgIpc) is 2.44. The van der Waals surface area contributed by atoms with Crippen molar-refractivity contribution in [3.8, 4) is 0 Å². The molecule has 0 saturated carbocycles. The molecule has 1 N–H and O–H groups in total. The van der Waals surface area contributed by atoms with Gasteiger partial charge in [-0.25, -0.2) is 9.59 Å². The first-order valence-corrected chi connectivity index (χ1v) is 4.81. The first-order valence-electron chi connectivity index (χ1n) is 4.81. The summed E-state index contributed by atoms with van der Waals surface area (Å²) in [6.07, 6.45) is 0.216. The maximum absolute atomic E-state index is 11.6. The third-order valence-corrected chi connectivity index (χ3v) is 1.89. The monoisotopic (exact) mass is 228 g/mol. The van der Waals surface area contributed by atoms with Gasteiger partial charge < -0.3 is 14.9 Å². The molecule has 16 heavy (non-hydrogen) atoms. The summed E-state index contributed by atoms with van der Waals surface area (Å²) in [6, 6.07) is -1.22. The van der Waals surface area contributed by atoms with Crippen LogP contribution in [0.5, 0.6) is 0 Å². The van der Waals surface area contributed by atoms with Gasteiger partial charge in [0.2, 0.25) is 0 Å². The summed E-state index contributed by atoms with van der Waals surface area (Å²) in [5, 5.41) is 19.9. The molecule has 90 valence electrons. The summed E-state index contributed by atoms with van der Waals surface area (Å²) in [6.45, 7) is 4.76. The van der Waals surface area contributed by atoms with Gasteiger partial charge in [0.05, 0.1) is 0 Å². The molecule has 1 heterocycles. The summed E-state index contributed by atoms with van der Waals surface area (Å²) in [5.41, 5.74) is -0.716. The van der Waals surface area contributed by atoms with E-state index >= 15 is 0 Å². The number of rotatable bonds is 1. The molecule has 1 rings (SSSR count). The van der Waals surface area contributed by atoms with Crippen molar-refractivity contribution in [2.24, 2.45) is 0 Å². The molecule has 0 aromatic rings. The molecular formula is C10H14NO5-. The molecule has 0 bridgehead atoms. The summed E-state index contributed by atoms with van der Waals surface area (Å²) in [7, 11) is 0. The molecule has 0 spiro atoms. The summed E-state index contributed by atoms with van der Waals surface area (Å²) in [4.78, 5) is 23.3. The van der Waals surface area contributed by atoms with Gasteiger partial charge in [-0.15, -0.1) is 5.76 Å². The second-order valence-electron chi connectivity index (χ2n) is 4.52. The second-order valence-corrected chi connectivity index (χ2v) is 4.52. The molecule has 1 atom stereocenters. The molecule has 0 aliphatic carbocycles. The SMILES string of the molecule is CC(C)(C)OC(=O)N1CC([O-])=C[C@H]1C(=O)O. The van der Waals surface area contributed by atoms with E-state index in [1.807, 2.05) is 0 Å². The lowest BCUT2D eigenvalue weighted by atomic mass is 10.2. The molecule has 1 aliphatic rings. The third kappa shape index (κ3) is 2.88. The van der Waals surface area contributed by atoms with Crippen LogP contribution in [0.4, 0.5) is 4.79 Å². The number of carbonyl (C=O) groups is 2. The Kier molecular flexibility index (Phi) is 3.11. The van der Waals surface area contributed by atoms with Crippen LogP contribution in [-0.2, 0) is 9.53 Å². The largest absolute Gasteiger partial charge is 0.874 e. The van der Waals surface area contributed by atoms with Gasteiger partial charge in [0.25, 0.3) is 0 Å². The van der Waals surface area contributed by atoms with Crippen LogP contribution in [-0.4, -0.2) is 40.3 Å².